The first kappa shape index (κ1) is 18.2. The number of amides is 1. The molecule has 2 atom stereocenters. The number of nitrogens with one attached hydrogen (secondary N) is 1. The van der Waals surface area contributed by atoms with Gasteiger partial charge in [-0.1, -0.05) is 35.9 Å². The molecule has 1 amide bonds. The Labute approximate surface area is 147 Å². The van der Waals surface area contributed by atoms with E-state index in [-0.39, 0.29) is 5.56 Å². The van der Waals surface area contributed by atoms with Crippen molar-refractivity contribution >= 4 is 40.0 Å². The molecule has 0 saturated heterocycles. The van der Waals surface area contributed by atoms with Gasteiger partial charge in [-0.25, -0.2) is 4.79 Å². The van der Waals surface area contributed by atoms with Gasteiger partial charge in [0, 0.05) is 6.26 Å². The van der Waals surface area contributed by atoms with E-state index in [2.05, 4.69) is 5.32 Å². The lowest BCUT2D eigenvalue weighted by molar-refractivity contribution is -0.123. The van der Waals surface area contributed by atoms with Crippen molar-refractivity contribution in [3.05, 3.63) is 59.1 Å². The molecule has 0 spiro atoms. The first-order valence-electron chi connectivity index (χ1n) is 7.09. The standard InChI is InChI=1S/C17H16ClNO4S/c1-11(16(20)19-14-9-5-4-8-13(14)18)23-17(21)12-7-3-6-10-15(12)24(2)22/h3-11H,1-2H3,(H,19,20)/t11-,24+/m0/s1. The van der Waals surface area contributed by atoms with Crippen molar-refractivity contribution < 1.29 is 18.5 Å². The molecule has 0 fully saturated rings. The smallest absolute Gasteiger partial charge is 0.340 e. The predicted molar refractivity (Wildman–Crippen MR) is 93.7 cm³/mol. The fraction of sp³-hybridized carbons (Fsp3) is 0.176. The molecule has 24 heavy (non-hydrogen) atoms. The third-order valence-corrected chi connectivity index (χ3v) is 4.51. The lowest BCUT2D eigenvalue weighted by Crippen LogP contribution is -2.30. The summed E-state index contributed by atoms with van der Waals surface area (Å²) in [6, 6.07) is 13.2. The quantitative estimate of drug-likeness (QED) is 0.825. The summed E-state index contributed by atoms with van der Waals surface area (Å²) in [4.78, 5) is 24.7. The highest BCUT2D eigenvalue weighted by Crippen LogP contribution is 2.21. The van der Waals surface area contributed by atoms with Gasteiger partial charge in [0.2, 0.25) is 0 Å². The van der Waals surface area contributed by atoms with Gasteiger partial charge in [-0.05, 0) is 31.2 Å². The summed E-state index contributed by atoms with van der Waals surface area (Å²) >= 11 is 5.97. The minimum absolute atomic E-state index is 0.177. The van der Waals surface area contributed by atoms with Gasteiger partial charge in [0.15, 0.2) is 6.10 Å². The number of esters is 1. The Kier molecular flexibility index (Phi) is 6.11. The van der Waals surface area contributed by atoms with Crippen LogP contribution in [0.15, 0.2) is 53.4 Å². The van der Waals surface area contributed by atoms with E-state index in [9.17, 15) is 13.8 Å². The van der Waals surface area contributed by atoms with Crippen LogP contribution in [-0.4, -0.2) is 28.4 Å². The number of rotatable bonds is 5. The number of hydrogen-bond donors (Lipinski definition) is 1. The van der Waals surface area contributed by atoms with Crippen LogP contribution in [0.1, 0.15) is 17.3 Å². The van der Waals surface area contributed by atoms with Crippen molar-refractivity contribution in [3.63, 3.8) is 0 Å². The Bertz CT molecular complexity index is 794. The zero-order valence-corrected chi connectivity index (χ0v) is 14.7. The number of halogens is 1. The van der Waals surface area contributed by atoms with Crippen molar-refractivity contribution in [2.24, 2.45) is 0 Å². The van der Waals surface area contributed by atoms with Crippen LogP contribution >= 0.6 is 11.6 Å². The van der Waals surface area contributed by atoms with Crippen LogP contribution in [0.3, 0.4) is 0 Å². The molecule has 0 aromatic heterocycles. The average Bonchev–Trinajstić information content (AvgIpc) is 2.56. The summed E-state index contributed by atoms with van der Waals surface area (Å²) < 4.78 is 16.9. The lowest BCUT2D eigenvalue weighted by atomic mass is 10.2. The molecule has 126 valence electrons. The van der Waals surface area contributed by atoms with Gasteiger partial charge in [-0.2, -0.15) is 0 Å². The highest BCUT2D eigenvalue weighted by atomic mass is 35.5. The second kappa shape index (κ2) is 8.08. The molecule has 0 aliphatic rings. The summed E-state index contributed by atoms with van der Waals surface area (Å²) in [5.74, 6) is -1.21. The zero-order valence-electron chi connectivity index (χ0n) is 13.1. The first-order valence-corrected chi connectivity index (χ1v) is 9.02. The highest BCUT2D eigenvalue weighted by molar-refractivity contribution is 7.84. The largest absolute Gasteiger partial charge is 0.449 e. The predicted octanol–water partition coefficient (Wildman–Crippen LogP) is 3.26. The minimum atomic E-state index is -1.34. The highest BCUT2D eigenvalue weighted by Gasteiger charge is 2.22. The number of para-hydroxylation sites is 1. The Morgan fingerprint density at radius 3 is 2.42 bits per heavy atom. The summed E-state index contributed by atoms with van der Waals surface area (Å²) in [7, 11) is -1.34. The van der Waals surface area contributed by atoms with E-state index in [0.29, 0.717) is 15.6 Å². The Morgan fingerprint density at radius 2 is 1.75 bits per heavy atom. The Balaban J connectivity index is 2.08. The maximum absolute atomic E-state index is 12.2. The molecule has 7 heteroatoms. The van der Waals surface area contributed by atoms with E-state index in [4.69, 9.17) is 16.3 Å². The molecule has 0 aliphatic carbocycles. The third kappa shape index (κ3) is 4.43. The van der Waals surface area contributed by atoms with Crippen molar-refractivity contribution in [3.8, 4) is 0 Å². The molecule has 0 unspecified atom stereocenters. The maximum Gasteiger partial charge on any atom is 0.340 e. The molecule has 0 aliphatic heterocycles. The molecule has 0 bridgehead atoms. The Morgan fingerprint density at radius 1 is 1.12 bits per heavy atom. The van der Waals surface area contributed by atoms with Crippen LogP contribution in [0.2, 0.25) is 5.02 Å². The number of ether oxygens (including phenoxy) is 1. The van der Waals surface area contributed by atoms with Crippen LogP contribution < -0.4 is 5.32 Å². The van der Waals surface area contributed by atoms with Crippen LogP contribution in [0.4, 0.5) is 5.69 Å². The topological polar surface area (TPSA) is 72.5 Å². The normalized spacial score (nSPS) is 13.0. The van der Waals surface area contributed by atoms with Gasteiger partial charge in [0.1, 0.15) is 0 Å². The molecular weight excluding hydrogens is 350 g/mol. The molecule has 0 saturated carbocycles. The molecule has 2 aromatic rings. The van der Waals surface area contributed by atoms with Crippen LogP contribution in [0.5, 0.6) is 0 Å². The minimum Gasteiger partial charge on any atom is -0.449 e. The summed E-state index contributed by atoms with van der Waals surface area (Å²) in [5, 5.41) is 2.98. The molecule has 2 aromatic carbocycles. The fourth-order valence-corrected chi connectivity index (χ4v) is 2.87. The number of carbonyl (C=O) groups excluding carboxylic acids is 2. The van der Waals surface area contributed by atoms with E-state index in [0.717, 1.165) is 0 Å². The lowest BCUT2D eigenvalue weighted by Gasteiger charge is -2.15. The average molecular weight is 366 g/mol. The van der Waals surface area contributed by atoms with Crippen molar-refractivity contribution in [2.75, 3.05) is 11.6 Å². The Hall–Kier alpha value is -2.18. The van der Waals surface area contributed by atoms with Gasteiger partial charge in [0.25, 0.3) is 5.91 Å². The van der Waals surface area contributed by atoms with Gasteiger partial charge in [0.05, 0.1) is 32.0 Å². The number of anilines is 1. The first-order chi connectivity index (χ1) is 11.4. The SMILES string of the molecule is C[C@H](OC(=O)c1ccccc1[S@@](C)=O)C(=O)Nc1ccccc1Cl. The van der Waals surface area contributed by atoms with Gasteiger partial charge in [-0.3, -0.25) is 9.00 Å². The second-order valence-electron chi connectivity index (χ2n) is 4.97. The maximum atomic E-state index is 12.2. The van der Waals surface area contributed by atoms with Gasteiger partial charge < -0.3 is 10.1 Å². The second-order valence-corrected chi connectivity index (χ2v) is 6.72. The summed E-state index contributed by atoms with van der Waals surface area (Å²) in [6.45, 7) is 1.45. The summed E-state index contributed by atoms with van der Waals surface area (Å²) in [6.07, 6.45) is 0.437. The third-order valence-electron chi connectivity index (χ3n) is 3.20. The van der Waals surface area contributed by atoms with E-state index in [1.165, 1.54) is 19.2 Å². The van der Waals surface area contributed by atoms with E-state index < -0.39 is 28.8 Å². The molecule has 5 nitrogen and oxygen atoms in total. The van der Waals surface area contributed by atoms with E-state index >= 15 is 0 Å². The van der Waals surface area contributed by atoms with Gasteiger partial charge in [-0.15, -0.1) is 0 Å². The molecule has 0 heterocycles. The van der Waals surface area contributed by atoms with Crippen LogP contribution in [-0.2, 0) is 20.3 Å². The summed E-state index contributed by atoms with van der Waals surface area (Å²) in [5.41, 5.74) is 0.609. The molecule has 1 N–H and O–H groups in total. The molecule has 2 rings (SSSR count). The van der Waals surface area contributed by atoms with E-state index in [1.807, 2.05) is 0 Å². The van der Waals surface area contributed by atoms with Crippen LogP contribution in [0, 0.1) is 0 Å². The number of carbonyl (C=O) groups is 2. The fourth-order valence-electron chi connectivity index (χ4n) is 1.96. The zero-order chi connectivity index (χ0) is 17.7. The van der Waals surface area contributed by atoms with Crippen LogP contribution in [0.25, 0.3) is 0 Å². The monoisotopic (exact) mass is 365 g/mol. The molecule has 0 radical (unpaired) electrons. The van der Waals surface area contributed by atoms with Gasteiger partial charge >= 0.3 is 5.97 Å². The number of hydrogen-bond acceptors (Lipinski definition) is 4. The van der Waals surface area contributed by atoms with Crippen molar-refractivity contribution in [1.82, 2.24) is 0 Å². The van der Waals surface area contributed by atoms with Crippen molar-refractivity contribution in [2.45, 2.75) is 17.9 Å². The van der Waals surface area contributed by atoms with Crippen molar-refractivity contribution in [1.29, 1.82) is 0 Å². The molecular formula is C17H16ClNO4S. The van der Waals surface area contributed by atoms with E-state index in [1.54, 1.807) is 42.5 Å². The number of benzene rings is 2.